The molecule has 0 amide bonds. The van der Waals surface area contributed by atoms with E-state index in [4.69, 9.17) is 0 Å². The van der Waals surface area contributed by atoms with Crippen LogP contribution in [0.25, 0.3) is 0 Å². The molecule has 94 valence electrons. The van der Waals surface area contributed by atoms with Gasteiger partial charge in [0.05, 0.1) is 6.10 Å². The first-order chi connectivity index (χ1) is 8.20. The molecule has 1 saturated carbocycles. The molecule has 1 heteroatoms. The molecule has 0 aromatic heterocycles. The molecule has 1 aromatic rings. The average molecular weight is 232 g/mol. The van der Waals surface area contributed by atoms with Gasteiger partial charge in [-0.3, -0.25) is 0 Å². The largest absolute Gasteiger partial charge is 0.388 e. The van der Waals surface area contributed by atoms with E-state index in [1.807, 2.05) is 0 Å². The molecule has 1 aliphatic carbocycles. The highest BCUT2D eigenvalue weighted by Crippen LogP contribution is 2.38. The van der Waals surface area contributed by atoms with Gasteiger partial charge in [-0.15, -0.1) is 0 Å². The van der Waals surface area contributed by atoms with Gasteiger partial charge in [-0.25, -0.2) is 0 Å². The summed E-state index contributed by atoms with van der Waals surface area (Å²) in [5, 5.41) is 10.4. The third kappa shape index (κ3) is 3.10. The molecule has 3 unspecified atom stereocenters. The van der Waals surface area contributed by atoms with Crippen LogP contribution < -0.4 is 0 Å². The van der Waals surface area contributed by atoms with E-state index in [0.717, 1.165) is 17.9 Å². The molecule has 2 rings (SSSR count). The van der Waals surface area contributed by atoms with Crippen LogP contribution in [0.3, 0.4) is 0 Å². The number of aryl methyl sites for hydroxylation is 1. The van der Waals surface area contributed by atoms with Crippen LogP contribution in [0, 0.1) is 11.8 Å². The van der Waals surface area contributed by atoms with Crippen molar-refractivity contribution in [2.24, 2.45) is 11.8 Å². The molecule has 1 nitrogen and oxygen atoms in total. The number of hydrogen-bond donors (Lipinski definition) is 1. The number of aliphatic hydroxyl groups is 1. The van der Waals surface area contributed by atoms with E-state index in [-0.39, 0.29) is 6.10 Å². The van der Waals surface area contributed by atoms with Gasteiger partial charge in [0.2, 0.25) is 0 Å². The zero-order valence-corrected chi connectivity index (χ0v) is 11.0. The van der Waals surface area contributed by atoms with Crippen molar-refractivity contribution in [2.75, 3.05) is 0 Å². The maximum atomic E-state index is 10.4. The predicted octanol–water partition coefficient (Wildman–Crippen LogP) is 4.11. The molecule has 0 aliphatic heterocycles. The summed E-state index contributed by atoms with van der Waals surface area (Å²) in [5.74, 6) is 1.26. The Bertz CT molecular complexity index is 341. The fourth-order valence-electron chi connectivity index (χ4n) is 2.98. The second kappa shape index (κ2) is 5.68. The molecular weight excluding hydrogens is 208 g/mol. The van der Waals surface area contributed by atoms with Crippen LogP contribution in [0.4, 0.5) is 0 Å². The molecule has 1 aliphatic rings. The third-order valence-electron chi connectivity index (χ3n) is 4.04. The van der Waals surface area contributed by atoms with Crippen molar-refractivity contribution >= 4 is 0 Å². The molecule has 17 heavy (non-hydrogen) atoms. The minimum Gasteiger partial charge on any atom is -0.388 e. The van der Waals surface area contributed by atoms with Crippen molar-refractivity contribution in [3.05, 3.63) is 35.4 Å². The predicted molar refractivity (Wildman–Crippen MR) is 71.9 cm³/mol. The summed E-state index contributed by atoms with van der Waals surface area (Å²) < 4.78 is 0. The summed E-state index contributed by atoms with van der Waals surface area (Å²) in [6, 6.07) is 8.55. The van der Waals surface area contributed by atoms with Gasteiger partial charge in [0.25, 0.3) is 0 Å². The minimum absolute atomic E-state index is 0.254. The summed E-state index contributed by atoms with van der Waals surface area (Å²) in [5.41, 5.74) is 2.48. The number of aliphatic hydroxyl groups excluding tert-OH is 1. The summed E-state index contributed by atoms with van der Waals surface area (Å²) in [6.45, 7) is 4.49. The fourth-order valence-corrected chi connectivity index (χ4v) is 2.98. The molecule has 0 heterocycles. The molecule has 3 atom stereocenters. The van der Waals surface area contributed by atoms with Crippen molar-refractivity contribution in [1.29, 1.82) is 0 Å². The Kier molecular flexibility index (Phi) is 4.22. The number of rotatable bonds is 4. The maximum absolute atomic E-state index is 10.4. The zero-order chi connectivity index (χ0) is 12.3. The van der Waals surface area contributed by atoms with Gasteiger partial charge in [-0.2, -0.15) is 0 Å². The lowest BCUT2D eigenvalue weighted by Crippen LogP contribution is -2.09. The molecule has 0 bridgehead atoms. The highest BCUT2D eigenvalue weighted by Gasteiger charge is 2.28. The van der Waals surface area contributed by atoms with Crippen LogP contribution >= 0.6 is 0 Å². The molecule has 1 N–H and O–H groups in total. The van der Waals surface area contributed by atoms with Gasteiger partial charge >= 0.3 is 0 Å². The lowest BCUT2D eigenvalue weighted by atomic mass is 9.93. The maximum Gasteiger partial charge on any atom is 0.0818 e. The molecule has 0 spiro atoms. The summed E-state index contributed by atoms with van der Waals surface area (Å²) in [7, 11) is 0. The van der Waals surface area contributed by atoms with Crippen LogP contribution in [0.1, 0.15) is 56.8 Å². The zero-order valence-electron chi connectivity index (χ0n) is 11.0. The van der Waals surface area contributed by atoms with Gasteiger partial charge in [0, 0.05) is 0 Å². The van der Waals surface area contributed by atoms with E-state index in [9.17, 15) is 5.11 Å². The topological polar surface area (TPSA) is 20.2 Å². The average Bonchev–Trinajstić information content (AvgIpc) is 2.76. The lowest BCUT2D eigenvalue weighted by Gasteiger charge is -2.18. The van der Waals surface area contributed by atoms with Crippen molar-refractivity contribution in [2.45, 2.75) is 52.1 Å². The summed E-state index contributed by atoms with van der Waals surface area (Å²) in [6.07, 6.45) is 5.70. The van der Waals surface area contributed by atoms with Crippen LogP contribution in [0.2, 0.25) is 0 Å². The van der Waals surface area contributed by atoms with E-state index in [1.54, 1.807) is 0 Å². The first kappa shape index (κ1) is 12.6. The van der Waals surface area contributed by atoms with Crippen LogP contribution in [-0.2, 0) is 6.42 Å². The first-order valence-electron chi connectivity index (χ1n) is 6.97. The summed E-state index contributed by atoms with van der Waals surface area (Å²) >= 11 is 0. The minimum atomic E-state index is -0.254. The van der Waals surface area contributed by atoms with Gasteiger partial charge in [-0.1, -0.05) is 51.0 Å². The molecule has 1 fully saturated rings. The second-order valence-electron chi connectivity index (χ2n) is 5.61. The monoisotopic (exact) mass is 232 g/mol. The summed E-state index contributed by atoms with van der Waals surface area (Å²) in [4.78, 5) is 0. The van der Waals surface area contributed by atoms with E-state index < -0.39 is 0 Å². The SMILES string of the molecule is CCCc1ccc(C(O)C2CCC(C)C2)cc1. The third-order valence-corrected chi connectivity index (χ3v) is 4.04. The molecule has 0 saturated heterocycles. The highest BCUT2D eigenvalue weighted by atomic mass is 16.3. The normalized spacial score (nSPS) is 26.1. The van der Waals surface area contributed by atoms with Crippen molar-refractivity contribution in [3.63, 3.8) is 0 Å². The number of hydrogen-bond acceptors (Lipinski definition) is 1. The Morgan fingerprint density at radius 2 is 1.94 bits per heavy atom. The van der Waals surface area contributed by atoms with Crippen LogP contribution in [-0.4, -0.2) is 5.11 Å². The quantitative estimate of drug-likeness (QED) is 0.828. The number of benzene rings is 1. The lowest BCUT2D eigenvalue weighted by molar-refractivity contribution is 0.109. The van der Waals surface area contributed by atoms with Crippen LogP contribution in [0.5, 0.6) is 0 Å². The van der Waals surface area contributed by atoms with Gasteiger partial charge in [-0.05, 0) is 42.2 Å². The standard InChI is InChI=1S/C16H24O/c1-3-4-13-6-9-14(10-7-13)16(17)15-8-5-12(2)11-15/h6-7,9-10,12,15-17H,3-5,8,11H2,1-2H3. The fraction of sp³-hybridized carbons (Fsp3) is 0.625. The van der Waals surface area contributed by atoms with Crippen molar-refractivity contribution in [1.82, 2.24) is 0 Å². The first-order valence-corrected chi connectivity index (χ1v) is 6.97. The van der Waals surface area contributed by atoms with E-state index in [0.29, 0.717) is 5.92 Å². The van der Waals surface area contributed by atoms with Crippen molar-refractivity contribution in [3.8, 4) is 0 Å². The van der Waals surface area contributed by atoms with E-state index in [1.165, 1.54) is 31.2 Å². The van der Waals surface area contributed by atoms with E-state index >= 15 is 0 Å². The van der Waals surface area contributed by atoms with Crippen LogP contribution in [0.15, 0.2) is 24.3 Å². The Morgan fingerprint density at radius 3 is 2.47 bits per heavy atom. The van der Waals surface area contributed by atoms with Gasteiger partial charge in [0.15, 0.2) is 0 Å². The molecule has 0 radical (unpaired) electrons. The van der Waals surface area contributed by atoms with Crippen molar-refractivity contribution < 1.29 is 5.11 Å². The Morgan fingerprint density at radius 1 is 1.24 bits per heavy atom. The Hall–Kier alpha value is -0.820. The highest BCUT2D eigenvalue weighted by molar-refractivity contribution is 5.24. The smallest absolute Gasteiger partial charge is 0.0818 e. The molecular formula is C16H24O. The molecule has 1 aromatic carbocycles. The van der Waals surface area contributed by atoms with E-state index in [2.05, 4.69) is 38.1 Å². The Balaban J connectivity index is 2.01. The van der Waals surface area contributed by atoms with Gasteiger partial charge in [0.1, 0.15) is 0 Å². The Labute approximate surface area is 105 Å². The van der Waals surface area contributed by atoms with Gasteiger partial charge < -0.3 is 5.11 Å². The second-order valence-corrected chi connectivity index (χ2v) is 5.61.